The van der Waals surface area contributed by atoms with Gasteiger partial charge in [-0.15, -0.1) is 0 Å². The molecule has 2 heteroatoms. The fraction of sp³-hybridized carbons (Fsp3) is 0. The highest BCUT2D eigenvalue weighted by atomic mass is 14.7. The maximum Gasteiger partial charge on any atom is 0.0780 e. The quantitative estimate of drug-likeness (QED) is 0.222. The molecule has 40 heavy (non-hydrogen) atoms. The van der Waals surface area contributed by atoms with Gasteiger partial charge in [-0.2, -0.15) is 0 Å². The average molecular weight is 509 g/mol. The maximum absolute atomic E-state index is 4.81. The number of nitrogens with zero attached hydrogens (tertiary/aromatic N) is 2. The van der Waals surface area contributed by atoms with Crippen LogP contribution in [0.15, 0.2) is 146 Å². The largest absolute Gasteiger partial charge is 0.256 e. The van der Waals surface area contributed by atoms with E-state index in [1.165, 1.54) is 43.8 Å². The van der Waals surface area contributed by atoms with Crippen molar-refractivity contribution in [3.63, 3.8) is 0 Å². The van der Waals surface area contributed by atoms with Gasteiger partial charge in [0.15, 0.2) is 0 Å². The molecule has 8 rings (SSSR count). The second-order valence-corrected chi connectivity index (χ2v) is 10.2. The molecule has 0 aliphatic heterocycles. The van der Waals surface area contributed by atoms with Gasteiger partial charge in [0.05, 0.1) is 11.0 Å². The first-order valence-corrected chi connectivity index (χ1v) is 13.6. The Kier molecular flexibility index (Phi) is 5.17. The van der Waals surface area contributed by atoms with Crippen LogP contribution < -0.4 is 0 Å². The van der Waals surface area contributed by atoms with Crippen molar-refractivity contribution in [2.75, 3.05) is 0 Å². The molecule has 0 N–H and O–H groups in total. The molecule has 0 atom stereocenters. The molecule has 186 valence electrons. The molecule has 2 nitrogen and oxygen atoms in total. The summed E-state index contributed by atoms with van der Waals surface area (Å²) in [5, 5.41) is 7.24. The van der Waals surface area contributed by atoms with E-state index in [-0.39, 0.29) is 0 Å². The van der Waals surface area contributed by atoms with Crippen molar-refractivity contribution in [1.82, 2.24) is 9.97 Å². The molecule has 0 bridgehead atoms. The van der Waals surface area contributed by atoms with Gasteiger partial charge in [-0.05, 0) is 68.1 Å². The molecular weight excluding hydrogens is 484 g/mol. The molecule has 2 aromatic heterocycles. The van der Waals surface area contributed by atoms with Crippen LogP contribution in [-0.2, 0) is 0 Å². The van der Waals surface area contributed by atoms with Gasteiger partial charge in [-0.25, -0.2) is 0 Å². The molecule has 2 heterocycles. The van der Waals surface area contributed by atoms with Gasteiger partial charge in [0.25, 0.3) is 0 Å². The number of pyridine rings is 2. The highest BCUT2D eigenvalue weighted by Crippen LogP contribution is 2.40. The zero-order valence-corrected chi connectivity index (χ0v) is 21.8. The highest BCUT2D eigenvalue weighted by Gasteiger charge is 2.14. The summed E-state index contributed by atoms with van der Waals surface area (Å²) < 4.78 is 0. The summed E-state index contributed by atoms with van der Waals surface area (Å²) in [6.45, 7) is 0. The lowest BCUT2D eigenvalue weighted by Gasteiger charge is -2.15. The molecule has 0 amide bonds. The maximum atomic E-state index is 4.81. The molecule has 0 saturated heterocycles. The number of rotatable bonds is 3. The second kappa shape index (κ2) is 9.14. The minimum Gasteiger partial charge on any atom is -0.256 e. The van der Waals surface area contributed by atoms with Crippen LogP contribution in [0.3, 0.4) is 0 Å². The van der Waals surface area contributed by atoms with Crippen molar-refractivity contribution in [3.05, 3.63) is 146 Å². The van der Waals surface area contributed by atoms with Crippen LogP contribution in [-0.4, -0.2) is 9.97 Å². The number of aromatic nitrogens is 2. The van der Waals surface area contributed by atoms with Crippen LogP contribution in [0.2, 0.25) is 0 Å². The number of para-hydroxylation sites is 2. The van der Waals surface area contributed by atoms with Gasteiger partial charge in [0.1, 0.15) is 0 Å². The summed E-state index contributed by atoms with van der Waals surface area (Å²) in [5.41, 5.74) is 9.16. The highest BCUT2D eigenvalue weighted by molar-refractivity contribution is 6.16. The summed E-state index contributed by atoms with van der Waals surface area (Å²) in [7, 11) is 0. The fourth-order valence-electron chi connectivity index (χ4n) is 6.02. The number of hydrogen-bond donors (Lipinski definition) is 0. The molecule has 6 aromatic carbocycles. The fourth-order valence-corrected chi connectivity index (χ4v) is 6.02. The summed E-state index contributed by atoms with van der Waals surface area (Å²) in [6, 6.07) is 47.7. The van der Waals surface area contributed by atoms with Crippen molar-refractivity contribution in [3.8, 4) is 33.4 Å². The van der Waals surface area contributed by atoms with E-state index in [0.29, 0.717) is 0 Å². The number of fused-ring (bicyclic) bond motifs is 4. The van der Waals surface area contributed by atoms with E-state index in [9.17, 15) is 0 Å². The third-order valence-corrected chi connectivity index (χ3v) is 7.93. The van der Waals surface area contributed by atoms with Crippen molar-refractivity contribution < 1.29 is 0 Å². The second-order valence-electron chi connectivity index (χ2n) is 10.2. The first-order chi connectivity index (χ1) is 19.8. The standard InChI is InChI=1S/C38H24N2/c1-2-12-32-30(7-1)23-31-20-19-29(24-35(31)36(32)34-14-4-9-28-11-6-22-40-38(28)34)25-15-17-26(18-16-25)33-13-3-8-27-10-5-21-39-37(27)33/h1-24H. The van der Waals surface area contributed by atoms with E-state index in [1.807, 2.05) is 24.5 Å². The summed E-state index contributed by atoms with van der Waals surface area (Å²) >= 11 is 0. The van der Waals surface area contributed by atoms with Crippen molar-refractivity contribution in [2.24, 2.45) is 0 Å². The molecule has 0 fully saturated rings. The van der Waals surface area contributed by atoms with E-state index in [4.69, 9.17) is 4.98 Å². The zero-order valence-electron chi connectivity index (χ0n) is 21.8. The molecule has 0 radical (unpaired) electrons. The van der Waals surface area contributed by atoms with E-state index < -0.39 is 0 Å². The first-order valence-electron chi connectivity index (χ1n) is 13.6. The Morgan fingerprint density at radius 3 is 1.70 bits per heavy atom. The molecule has 0 aliphatic rings. The number of hydrogen-bond acceptors (Lipinski definition) is 2. The van der Waals surface area contributed by atoms with E-state index in [2.05, 4.69) is 126 Å². The van der Waals surface area contributed by atoms with Gasteiger partial charge in [-0.3, -0.25) is 9.97 Å². The third-order valence-electron chi connectivity index (χ3n) is 7.93. The third kappa shape index (κ3) is 3.65. The van der Waals surface area contributed by atoms with E-state index >= 15 is 0 Å². The van der Waals surface area contributed by atoms with Crippen LogP contribution in [0.4, 0.5) is 0 Å². The Morgan fingerprint density at radius 2 is 0.925 bits per heavy atom. The lowest BCUT2D eigenvalue weighted by molar-refractivity contribution is 1.41. The van der Waals surface area contributed by atoms with Crippen LogP contribution in [0.25, 0.3) is 76.7 Å². The molecule has 0 unspecified atom stereocenters. The smallest absolute Gasteiger partial charge is 0.0780 e. The molecule has 0 saturated carbocycles. The van der Waals surface area contributed by atoms with Crippen LogP contribution in [0, 0.1) is 0 Å². The lowest BCUT2D eigenvalue weighted by atomic mass is 9.89. The molecular formula is C38H24N2. The van der Waals surface area contributed by atoms with Crippen LogP contribution >= 0.6 is 0 Å². The predicted octanol–water partition coefficient (Wildman–Crippen LogP) is 10.1. The zero-order chi connectivity index (χ0) is 26.5. The predicted molar refractivity (Wildman–Crippen MR) is 168 cm³/mol. The summed E-state index contributed by atoms with van der Waals surface area (Å²) in [5.74, 6) is 0. The number of benzene rings is 6. The van der Waals surface area contributed by atoms with Gasteiger partial charge in [-0.1, -0.05) is 109 Å². The van der Waals surface area contributed by atoms with Gasteiger partial charge in [0.2, 0.25) is 0 Å². The van der Waals surface area contributed by atoms with Gasteiger partial charge < -0.3 is 0 Å². The Labute approximate surface area is 232 Å². The molecule has 8 aromatic rings. The Hall–Kier alpha value is -5.34. The monoisotopic (exact) mass is 508 g/mol. The minimum atomic E-state index is 1.03. The normalized spacial score (nSPS) is 11.5. The van der Waals surface area contributed by atoms with Crippen LogP contribution in [0.5, 0.6) is 0 Å². The van der Waals surface area contributed by atoms with Gasteiger partial charge in [0, 0.05) is 34.3 Å². The average Bonchev–Trinajstić information content (AvgIpc) is 3.03. The van der Waals surface area contributed by atoms with Crippen molar-refractivity contribution in [2.45, 2.75) is 0 Å². The van der Waals surface area contributed by atoms with Crippen LogP contribution in [0.1, 0.15) is 0 Å². The summed E-state index contributed by atoms with van der Waals surface area (Å²) in [4.78, 5) is 9.46. The lowest BCUT2D eigenvalue weighted by Crippen LogP contribution is -1.90. The van der Waals surface area contributed by atoms with E-state index in [0.717, 1.165) is 32.9 Å². The Balaban J connectivity index is 1.32. The van der Waals surface area contributed by atoms with E-state index in [1.54, 1.807) is 0 Å². The topological polar surface area (TPSA) is 25.8 Å². The van der Waals surface area contributed by atoms with Crippen molar-refractivity contribution in [1.29, 1.82) is 0 Å². The molecule has 0 spiro atoms. The molecule has 0 aliphatic carbocycles. The van der Waals surface area contributed by atoms with Gasteiger partial charge >= 0.3 is 0 Å². The minimum absolute atomic E-state index is 1.03. The first kappa shape index (κ1) is 22.6. The SMILES string of the molecule is c1ccc2c(-c3cccc4cccnc34)c3cc(-c4ccc(-c5cccc6cccnc56)cc4)ccc3cc2c1. The summed E-state index contributed by atoms with van der Waals surface area (Å²) in [6.07, 6.45) is 3.75. The van der Waals surface area contributed by atoms with Crippen molar-refractivity contribution >= 4 is 43.4 Å². The Bertz CT molecular complexity index is 2200. The Morgan fingerprint density at radius 1 is 0.350 bits per heavy atom.